The van der Waals surface area contributed by atoms with Crippen LogP contribution < -0.4 is 4.90 Å². The van der Waals surface area contributed by atoms with Gasteiger partial charge in [-0.05, 0) is 67.3 Å². The summed E-state index contributed by atoms with van der Waals surface area (Å²) in [6.45, 7) is 5.90. The number of hydrogen-bond donors (Lipinski definition) is 0. The van der Waals surface area contributed by atoms with Gasteiger partial charge in [-0.3, -0.25) is 4.98 Å². The Balaban J connectivity index is 1.80. The fourth-order valence-electron chi connectivity index (χ4n) is 3.49. The van der Waals surface area contributed by atoms with Crippen LogP contribution in [0.2, 0.25) is 10.3 Å². The molecule has 0 aliphatic carbocycles. The number of benzene rings is 1. The van der Waals surface area contributed by atoms with Crippen molar-refractivity contribution in [1.82, 2.24) is 15.0 Å². The minimum Gasteiger partial charge on any atom is -0.356 e. The molecule has 0 N–H and O–H groups in total. The summed E-state index contributed by atoms with van der Waals surface area (Å²) in [5.41, 5.74) is 3.50. The molecule has 3 aromatic heterocycles. The average Bonchev–Trinajstić information content (AvgIpc) is 3.05. The van der Waals surface area contributed by atoms with Crippen molar-refractivity contribution in [2.75, 3.05) is 18.0 Å². The Morgan fingerprint density at radius 2 is 1.72 bits per heavy atom. The molecule has 0 aliphatic rings. The van der Waals surface area contributed by atoms with Crippen molar-refractivity contribution < 1.29 is 0 Å². The molecule has 0 saturated carbocycles. The second-order valence-corrected chi connectivity index (χ2v) is 8.70. The minimum atomic E-state index is 0.277. The van der Waals surface area contributed by atoms with Gasteiger partial charge in [0.05, 0.1) is 5.39 Å². The predicted octanol–water partition coefficient (Wildman–Crippen LogP) is 6.44. The van der Waals surface area contributed by atoms with Crippen LogP contribution in [0.15, 0.2) is 48.8 Å². The van der Waals surface area contributed by atoms with Crippen LogP contribution >= 0.6 is 34.5 Å². The molecule has 0 atom stereocenters. The van der Waals surface area contributed by atoms with Gasteiger partial charge in [-0.1, -0.05) is 23.7 Å². The van der Waals surface area contributed by atoms with Gasteiger partial charge >= 0.3 is 0 Å². The maximum atomic E-state index is 6.30. The summed E-state index contributed by atoms with van der Waals surface area (Å²) in [6, 6.07) is 12.0. The highest BCUT2D eigenvalue weighted by atomic mass is 35.5. The molecule has 4 nitrogen and oxygen atoms in total. The number of fused-ring (bicyclic) bond motifs is 1. The maximum Gasteiger partial charge on any atom is 0.225 e. The van der Waals surface area contributed by atoms with E-state index in [1.807, 2.05) is 48.8 Å². The highest BCUT2D eigenvalue weighted by Crippen LogP contribution is 2.42. The van der Waals surface area contributed by atoms with Crippen molar-refractivity contribution >= 4 is 50.6 Å². The smallest absolute Gasteiger partial charge is 0.225 e. The third-order valence-corrected chi connectivity index (χ3v) is 6.34. The molecule has 4 rings (SSSR count). The first-order valence-corrected chi connectivity index (χ1v) is 11.0. The summed E-state index contributed by atoms with van der Waals surface area (Å²) in [7, 11) is 0. The standard InChI is InChI=1S/C22H20Cl2N4S/c1-3-28(13-10-15-8-11-25-12-9-15)20-19-18(16-4-6-17(23)7-5-16)14(2)29-21(19)27-22(24)26-20/h4-9,11-12H,3,10,13H2,1-2H3. The van der Waals surface area contributed by atoms with Crippen molar-refractivity contribution in [2.24, 2.45) is 0 Å². The summed E-state index contributed by atoms with van der Waals surface area (Å²) in [5.74, 6) is 0.880. The Hall–Kier alpha value is -2.21. The van der Waals surface area contributed by atoms with Crippen molar-refractivity contribution in [3.8, 4) is 11.1 Å². The largest absolute Gasteiger partial charge is 0.356 e. The Labute approximate surface area is 184 Å². The molecular weight excluding hydrogens is 423 g/mol. The molecule has 0 bridgehead atoms. The number of pyridine rings is 1. The summed E-state index contributed by atoms with van der Waals surface area (Å²) in [6.07, 6.45) is 4.55. The fourth-order valence-corrected chi connectivity index (χ4v) is 4.87. The zero-order chi connectivity index (χ0) is 20.4. The molecule has 0 saturated heterocycles. The molecule has 29 heavy (non-hydrogen) atoms. The van der Waals surface area contributed by atoms with Gasteiger partial charge in [0, 0.05) is 40.9 Å². The molecule has 7 heteroatoms. The first kappa shape index (κ1) is 20.1. The van der Waals surface area contributed by atoms with Gasteiger partial charge < -0.3 is 4.90 Å². The number of nitrogens with zero attached hydrogens (tertiary/aromatic N) is 4. The predicted molar refractivity (Wildman–Crippen MR) is 123 cm³/mol. The second kappa shape index (κ2) is 8.66. The average molecular weight is 443 g/mol. The molecular formula is C22H20Cl2N4S. The molecule has 0 unspecified atom stereocenters. The third-order valence-electron chi connectivity index (χ3n) is 4.92. The van der Waals surface area contributed by atoms with Crippen molar-refractivity contribution in [3.05, 3.63) is 69.5 Å². The minimum absolute atomic E-state index is 0.277. The first-order chi connectivity index (χ1) is 14.1. The number of hydrogen-bond acceptors (Lipinski definition) is 5. The van der Waals surface area contributed by atoms with E-state index >= 15 is 0 Å². The summed E-state index contributed by atoms with van der Waals surface area (Å²) < 4.78 is 0. The van der Waals surface area contributed by atoms with Gasteiger partial charge in [-0.25, -0.2) is 4.98 Å². The van der Waals surface area contributed by atoms with E-state index < -0.39 is 0 Å². The Morgan fingerprint density at radius 1 is 1.00 bits per heavy atom. The Morgan fingerprint density at radius 3 is 2.41 bits per heavy atom. The van der Waals surface area contributed by atoms with E-state index in [1.165, 1.54) is 10.4 Å². The Kier molecular flexibility index (Phi) is 5.99. The van der Waals surface area contributed by atoms with Crippen LogP contribution in [0.5, 0.6) is 0 Å². The maximum absolute atomic E-state index is 6.30. The van der Waals surface area contributed by atoms with E-state index in [2.05, 4.69) is 33.7 Å². The monoisotopic (exact) mass is 442 g/mol. The second-order valence-electron chi connectivity index (χ2n) is 6.72. The number of aryl methyl sites for hydroxylation is 1. The number of thiophene rings is 1. The number of rotatable bonds is 6. The molecule has 3 heterocycles. The molecule has 0 amide bonds. The van der Waals surface area contributed by atoms with Crippen LogP contribution in [0.1, 0.15) is 17.4 Å². The molecule has 148 valence electrons. The van der Waals surface area contributed by atoms with Gasteiger partial charge in [0.25, 0.3) is 0 Å². The van der Waals surface area contributed by atoms with Gasteiger partial charge in [0.1, 0.15) is 10.6 Å². The van der Waals surface area contributed by atoms with E-state index in [9.17, 15) is 0 Å². The topological polar surface area (TPSA) is 41.9 Å². The molecule has 0 spiro atoms. The summed E-state index contributed by atoms with van der Waals surface area (Å²) in [5, 5.41) is 2.05. The lowest BCUT2D eigenvalue weighted by Crippen LogP contribution is -2.26. The normalized spacial score (nSPS) is 11.2. The summed E-state index contributed by atoms with van der Waals surface area (Å²) in [4.78, 5) is 17.6. The van der Waals surface area contributed by atoms with Crippen LogP contribution in [0.25, 0.3) is 21.3 Å². The fraction of sp³-hybridized carbons (Fsp3) is 0.227. The van der Waals surface area contributed by atoms with Crippen LogP contribution in [0, 0.1) is 6.92 Å². The van der Waals surface area contributed by atoms with Gasteiger partial charge in [-0.15, -0.1) is 11.3 Å². The number of aromatic nitrogens is 3. The van der Waals surface area contributed by atoms with Crippen molar-refractivity contribution in [2.45, 2.75) is 20.3 Å². The number of halogens is 2. The molecule has 1 aromatic carbocycles. The molecule has 4 aromatic rings. The third kappa shape index (κ3) is 4.22. The zero-order valence-corrected chi connectivity index (χ0v) is 18.5. The van der Waals surface area contributed by atoms with E-state index in [0.29, 0.717) is 0 Å². The molecule has 0 fully saturated rings. The lowest BCUT2D eigenvalue weighted by molar-refractivity contribution is 0.796. The highest BCUT2D eigenvalue weighted by Gasteiger charge is 2.21. The van der Waals surface area contributed by atoms with Crippen LogP contribution in [0.3, 0.4) is 0 Å². The Bertz CT molecular complexity index is 1130. The molecule has 0 radical (unpaired) electrons. The van der Waals surface area contributed by atoms with E-state index in [1.54, 1.807) is 11.3 Å². The highest BCUT2D eigenvalue weighted by molar-refractivity contribution is 7.19. The first-order valence-electron chi connectivity index (χ1n) is 9.43. The number of anilines is 1. The lowest BCUT2D eigenvalue weighted by Gasteiger charge is -2.23. The van der Waals surface area contributed by atoms with Gasteiger partial charge in [-0.2, -0.15) is 4.98 Å². The van der Waals surface area contributed by atoms with E-state index in [4.69, 9.17) is 23.2 Å². The van der Waals surface area contributed by atoms with Crippen LogP contribution in [-0.4, -0.2) is 28.0 Å². The van der Waals surface area contributed by atoms with Crippen LogP contribution in [0.4, 0.5) is 5.82 Å². The zero-order valence-electron chi connectivity index (χ0n) is 16.2. The van der Waals surface area contributed by atoms with Crippen LogP contribution in [-0.2, 0) is 6.42 Å². The summed E-state index contributed by atoms with van der Waals surface area (Å²) >= 11 is 14.1. The van der Waals surface area contributed by atoms with Crippen molar-refractivity contribution in [3.63, 3.8) is 0 Å². The SMILES string of the molecule is CCN(CCc1ccncc1)c1nc(Cl)nc2sc(C)c(-c3ccc(Cl)cc3)c12. The van der Waals surface area contributed by atoms with E-state index in [0.717, 1.165) is 51.7 Å². The molecule has 0 aliphatic heterocycles. The van der Waals surface area contributed by atoms with Gasteiger partial charge in [0.2, 0.25) is 5.28 Å². The van der Waals surface area contributed by atoms with E-state index in [-0.39, 0.29) is 5.28 Å². The quantitative estimate of drug-likeness (QED) is 0.322. The number of likely N-dealkylation sites (N-methyl/N-ethyl adjacent to an activating group) is 1. The lowest BCUT2D eigenvalue weighted by atomic mass is 10.0. The van der Waals surface area contributed by atoms with Crippen molar-refractivity contribution in [1.29, 1.82) is 0 Å². The van der Waals surface area contributed by atoms with Gasteiger partial charge in [0.15, 0.2) is 0 Å².